The number of rotatable bonds is 1. The van der Waals surface area contributed by atoms with Gasteiger partial charge in [0.1, 0.15) is 0 Å². The summed E-state index contributed by atoms with van der Waals surface area (Å²) in [5.74, 6) is 0.226. The van der Waals surface area contributed by atoms with Gasteiger partial charge in [-0.2, -0.15) is 0 Å². The third-order valence-corrected chi connectivity index (χ3v) is 2.64. The Morgan fingerprint density at radius 3 is 3.07 bits per heavy atom. The number of piperazine rings is 1. The van der Waals surface area contributed by atoms with E-state index in [1.165, 1.54) is 0 Å². The lowest BCUT2D eigenvalue weighted by atomic mass is 10.2. The molecule has 15 heavy (non-hydrogen) atoms. The van der Waals surface area contributed by atoms with Crippen molar-refractivity contribution in [1.82, 2.24) is 10.2 Å². The quantitative estimate of drug-likeness (QED) is 0.790. The fourth-order valence-corrected chi connectivity index (χ4v) is 1.85. The van der Waals surface area contributed by atoms with Gasteiger partial charge in [-0.25, -0.2) is 0 Å². The highest BCUT2D eigenvalue weighted by Gasteiger charge is 2.23. The number of carbonyl (C=O) groups excluding carboxylic acids is 1. The van der Waals surface area contributed by atoms with Gasteiger partial charge in [-0.15, -0.1) is 0 Å². The number of carbonyl (C=O) groups is 1. The zero-order chi connectivity index (χ0) is 10.8. The second kappa shape index (κ2) is 4.24. The Morgan fingerprint density at radius 2 is 2.47 bits per heavy atom. The van der Waals surface area contributed by atoms with Gasteiger partial charge in [-0.3, -0.25) is 4.79 Å². The van der Waals surface area contributed by atoms with Crippen molar-refractivity contribution < 1.29 is 9.21 Å². The van der Waals surface area contributed by atoms with E-state index in [2.05, 4.69) is 12.2 Å². The molecule has 1 saturated heterocycles. The smallest absolute Gasteiger partial charge is 0.289 e. The fourth-order valence-electron chi connectivity index (χ4n) is 1.70. The van der Waals surface area contributed by atoms with E-state index < -0.39 is 0 Å². The van der Waals surface area contributed by atoms with Gasteiger partial charge in [0, 0.05) is 25.7 Å². The summed E-state index contributed by atoms with van der Waals surface area (Å²) < 4.78 is 5.09. The maximum Gasteiger partial charge on any atom is 0.289 e. The van der Waals surface area contributed by atoms with Crippen LogP contribution in [0.1, 0.15) is 17.5 Å². The summed E-state index contributed by atoms with van der Waals surface area (Å²) in [6, 6.07) is 3.52. The van der Waals surface area contributed by atoms with Crippen LogP contribution in [-0.2, 0) is 0 Å². The van der Waals surface area contributed by atoms with Crippen molar-refractivity contribution in [3.8, 4) is 0 Å². The van der Waals surface area contributed by atoms with Gasteiger partial charge >= 0.3 is 0 Å². The first-order valence-corrected chi connectivity index (χ1v) is 5.32. The molecule has 2 heterocycles. The molecule has 0 aromatic carbocycles. The molecule has 0 aliphatic carbocycles. The van der Waals surface area contributed by atoms with Crippen LogP contribution >= 0.6 is 11.6 Å². The minimum absolute atomic E-state index is 0.0877. The minimum Gasteiger partial charge on any atom is -0.440 e. The Kier molecular flexibility index (Phi) is 2.98. The molecule has 1 amide bonds. The van der Waals surface area contributed by atoms with Crippen LogP contribution in [0.15, 0.2) is 16.5 Å². The SMILES string of the molecule is C[C@@H]1CN(C(=O)c2ccc(Cl)o2)CCN1. The molecule has 0 bridgehead atoms. The van der Waals surface area contributed by atoms with Gasteiger partial charge in [0.05, 0.1) is 0 Å². The molecule has 1 aromatic rings. The first-order chi connectivity index (χ1) is 7.16. The molecule has 1 aliphatic heterocycles. The topological polar surface area (TPSA) is 45.5 Å². The van der Waals surface area contributed by atoms with Gasteiger partial charge in [0.2, 0.25) is 0 Å². The minimum atomic E-state index is -0.0877. The normalized spacial score (nSPS) is 21.7. The van der Waals surface area contributed by atoms with Crippen molar-refractivity contribution >= 4 is 17.5 Å². The van der Waals surface area contributed by atoms with Crippen LogP contribution in [-0.4, -0.2) is 36.5 Å². The summed E-state index contributed by atoms with van der Waals surface area (Å²) in [7, 11) is 0. The highest BCUT2D eigenvalue weighted by atomic mass is 35.5. The van der Waals surface area contributed by atoms with Crippen molar-refractivity contribution in [3.05, 3.63) is 23.1 Å². The first kappa shape index (κ1) is 10.5. The molecule has 82 valence electrons. The Bertz CT molecular complexity index is 364. The Balaban J connectivity index is 2.07. The fraction of sp³-hybridized carbons (Fsp3) is 0.500. The van der Waals surface area contributed by atoms with Crippen molar-refractivity contribution in [2.45, 2.75) is 13.0 Å². The lowest BCUT2D eigenvalue weighted by molar-refractivity contribution is 0.0677. The molecule has 0 radical (unpaired) electrons. The van der Waals surface area contributed by atoms with Crippen molar-refractivity contribution in [1.29, 1.82) is 0 Å². The van der Waals surface area contributed by atoms with Crippen molar-refractivity contribution in [2.24, 2.45) is 0 Å². The number of nitrogens with zero attached hydrogens (tertiary/aromatic N) is 1. The van der Waals surface area contributed by atoms with E-state index in [0.29, 0.717) is 24.9 Å². The molecule has 1 aliphatic rings. The number of hydrogen-bond donors (Lipinski definition) is 1. The standard InChI is InChI=1S/C10H13ClN2O2/c1-7-6-13(5-4-12-7)10(14)8-2-3-9(11)15-8/h2-3,7,12H,4-6H2,1H3/t7-/m1/s1. The molecule has 0 saturated carbocycles. The highest BCUT2D eigenvalue weighted by molar-refractivity contribution is 6.29. The molecule has 5 heteroatoms. The zero-order valence-electron chi connectivity index (χ0n) is 8.50. The number of halogens is 1. The van der Waals surface area contributed by atoms with Crippen LogP contribution in [0.2, 0.25) is 5.22 Å². The third-order valence-electron chi connectivity index (χ3n) is 2.44. The maximum atomic E-state index is 11.9. The molecule has 0 spiro atoms. The van der Waals surface area contributed by atoms with Crippen molar-refractivity contribution in [2.75, 3.05) is 19.6 Å². The molecule has 4 nitrogen and oxygen atoms in total. The van der Waals surface area contributed by atoms with E-state index in [1.54, 1.807) is 17.0 Å². The van der Waals surface area contributed by atoms with Gasteiger partial charge in [-0.05, 0) is 30.7 Å². The molecular weight excluding hydrogens is 216 g/mol. The lowest BCUT2D eigenvalue weighted by Crippen LogP contribution is -2.51. The van der Waals surface area contributed by atoms with E-state index in [-0.39, 0.29) is 11.1 Å². The molecule has 1 aromatic heterocycles. The van der Waals surface area contributed by atoms with Crippen molar-refractivity contribution in [3.63, 3.8) is 0 Å². The van der Waals surface area contributed by atoms with E-state index in [0.717, 1.165) is 6.54 Å². The summed E-state index contributed by atoms with van der Waals surface area (Å²) in [6.07, 6.45) is 0. The molecule has 1 atom stereocenters. The number of hydrogen-bond acceptors (Lipinski definition) is 3. The molecule has 0 unspecified atom stereocenters. The first-order valence-electron chi connectivity index (χ1n) is 4.95. The monoisotopic (exact) mass is 228 g/mol. The molecule has 1 N–H and O–H groups in total. The largest absolute Gasteiger partial charge is 0.440 e. The Hall–Kier alpha value is -1.00. The van der Waals surface area contributed by atoms with E-state index in [9.17, 15) is 4.79 Å². The van der Waals surface area contributed by atoms with Crippen LogP contribution in [0.25, 0.3) is 0 Å². The lowest BCUT2D eigenvalue weighted by Gasteiger charge is -2.31. The number of amides is 1. The average molecular weight is 229 g/mol. The third kappa shape index (κ3) is 2.33. The number of nitrogens with one attached hydrogen (secondary N) is 1. The van der Waals surface area contributed by atoms with Gasteiger partial charge < -0.3 is 14.6 Å². The summed E-state index contributed by atoms with van der Waals surface area (Å²) in [4.78, 5) is 13.7. The molecular formula is C10H13ClN2O2. The second-order valence-electron chi connectivity index (χ2n) is 3.71. The highest BCUT2D eigenvalue weighted by Crippen LogP contribution is 2.15. The maximum absolute atomic E-state index is 11.9. The molecule has 2 rings (SSSR count). The van der Waals surface area contributed by atoms with Crippen LogP contribution in [0.3, 0.4) is 0 Å². The Labute approximate surface area is 93.2 Å². The van der Waals surface area contributed by atoms with Gasteiger partial charge in [-0.1, -0.05) is 0 Å². The Morgan fingerprint density at radius 1 is 1.67 bits per heavy atom. The van der Waals surface area contributed by atoms with Gasteiger partial charge in [0.25, 0.3) is 5.91 Å². The van der Waals surface area contributed by atoms with Gasteiger partial charge in [0.15, 0.2) is 11.0 Å². The second-order valence-corrected chi connectivity index (χ2v) is 4.08. The summed E-state index contributed by atoms with van der Waals surface area (Å²) in [6.45, 7) is 4.29. The number of furan rings is 1. The average Bonchev–Trinajstić information content (AvgIpc) is 2.64. The summed E-state index contributed by atoms with van der Waals surface area (Å²) in [5, 5.41) is 3.52. The van der Waals surface area contributed by atoms with E-state index >= 15 is 0 Å². The summed E-state index contributed by atoms with van der Waals surface area (Å²) in [5.41, 5.74) is 0. The van der Waals surface area contributed by atoms with E-state index in [1.807, 2.05) is 0 Å². The predicted molar refractivity (Wildman–Crippen MR) is 57.1 cm³/mol. The predicted octanol–water partition coefficient (Wildman–Crippen LogP) is 1.37. The van der Waals surface area contributed by atoms with Crippen LogP contribution in [0.5, 0.6) is 0 Å². The van der Waals surface area contributed by atoms with E-state index in [4.69, 9.17) is 16.0 Å². The van der Waals surface area contributed by atoms with Crippen LogP contribution in [0, 0.1) is 0 Å². The molecule has 1 fully saturated rings. The summed E-state index contributed by atoms with van der Waals surface area (Å²) >= 11 is 5.62. The van der Waals surface area contributed by atoms with Crippen LogP contribution in [0.4, 0.5) is 0 Å². The van der Waals surface area contributed by atoms with Crippen LogP contribution < -0.4 is 5.32 Å². The zero-order valence-corrected chi connectivity index (χ0v) is 9.25.